The van der Waals surface area contributed by atoms with Crippen molar-refractivity contribution in [1.29, 1.82) is 0 Å². The lowest BCUT2D eigenvalue weighted by Crippen LogP contribution is -2.05. The topological polar surface area (TPSA) is 43.8 Å². The van der Waals surface area contributed by atoms with E-state index in [9.17, 15) is 0 Å². The molecule has 0 bridgehead atoms. The zero-order valence-corrected chi connectivity index (χ0v) is 11.0. The van der Waals surface area contributed by atoms with Gasteiger partial charge < -0.3 is 5.73 Å². The van der Waals surface area contributed by atoms with Gasteiger partial charge in [0.05, 0.1) is 11.4 Å². The highest BCUT2D eigenvalue weighted by atomic mass is 79.9. The van der Waals surface area contributed by atoms with Gasteiger partial charge in [-0.05, 0) is 28.9 Å². The molecule has 0 amide bonds. The Morgan fingerprint density at radius 2 is 2.33 bits per heavy atom. The fourth-order valence-corrected chi connectivity index (χ4v) is 3.25. The molecule has 0 saturated heterocycles. The van der Waals surface area contributed by atoms with Crippen LogP contribution in [0.2, 0.25) is 0 Å². The van der Waals surface area contributed by atoms with Gasteiger partial charge >= 0.3 is 0 Å². The molecule has 0 aromatic carbocycles. The molecule has 0 aliphatic carbocycles. The summed E-state index contributed by atoms with van der Waals surface area (Å²) in [6.07, 6.45) is 0. The Kier molecular flexibility index (Phi) is 2.95. The lowest BCUT2D eigenvalue weighted by atomic mass is 10.1. The highest BCUT2D eigenvalue weighted by molar-refractivity contribution is 9.10. The minimum Gasteiger partial charge on any atom is -0.325 e. The predicted molar refractivity (Wildman–Crippen MR) is 66.8 cm³/mol. The molecule has 0 aliphatic rings. The minimum absolute atomic E-state index is 0.516. The maximum Gasteiger partial charge on any atom is 0.0683 e. The first-order chi connectivity index (χ1) is 7.13. The lowest BCUT2D eigenvalue weighted by Gasteiger charge is -2.00. The average Bonchev–Trinajstić information content (AvgIpc) is 2.70. The van der Waals surface area contributed by atoms with Gasteiger partial charge in [-0.15, -0.1) is 11.3 Å². The van der Waals surface area contributed by atoms with Crippen molar-refractivity contribution in [3.63, 3.8) is 0 Å². The van der Waals surface area contributed by atoms with Gasteiger partial charge in [-0.2, -0.15) is 5.10 Å². The second-order valence-electron chi connectivity index (χ2n) is 3.36. The van der Waals surface area contributed by atoms with Crippen LogP contribution >= 0.6 is 27.3 Å². The van der Waals surface area contributed by atoms with Crippen molar-refractivity contribution in [2.24, 2.45) is 12.8 Å². The van der Waals surface area contributed by atoms with E-state index in [0.717, 1.165) is 15.9 Å². The first kappa shape index (κ1) is 10.9. The number of rotatable bonds is 2. The van der Waals surface area contributed by atoms with Crippen molar-refractivity contribution in [2.75, 3.05) is 0 Å². The molecule has 0 fully saturated rings. The molecule has 2 N–H and O–H groups in total. The molecular formula is C10H12BrN3S. The first-order valence-electron chi connectivity index (χ1n) is 4.60. The molecule has 0 radical (unpaired) electrons. The van der Waals surface area contributed by atoms with Crippen molar-refractivity contribution in [3.8, 4) is 10.4 Å². The molecule has 15 heavy (non-hydrogen) atoms. The van der Waals surface area contributed by atoms with Crippen molar-refractivity contribution >= 4 is 27.3 Å². The number of aryl methyl sites for hydroxylation is 2. The van der Waals surface area contributed by atoms with E-state index in [1.165, 1.54) is 10.4 Å². The van der Waals surface area contributed by atoms with Crippen LogP contribution in [0.25, 0.3) is 10.4 Å². The van der Waals surface area contributed by atoms with Crippen LogP contribution in [0.5, 0.6) is 0 Å². The van der Waals surface area contributed by atoms with E-state index in [-0.39, 0.29) is 0 Å². The Bertz CT molecular complexity index is 487. The number of hydrogen-bond acceptors (Lipinski definition) is 3. The molecule has 0 spiro atoms. The van der Waals surface area contributed by atoms with Crippen LogP contribution in [0, 0.1) is 6.92 Å². The van der Waals surface area contributed by atoms with Crippen molar-refractivity contribution in [2.45, 2.75) is 13.5 Å². The Morgan fingerprint density at radius 1 is 1.60 bits per heavy atom. The smallest absolute Gasteiger partial charge is 0.0683 e. The summed E-state index contributed by atoms with van der Waals surface area (Å²) in [4.78, 5) is 1.22. The molecule has 3 nitrogen and oxygen atoms in total. The summed E-state index contributed by atoms with van der Waals surface area (Å²) in [7, 11) is 1.93. The molecule has 0 atom stereocenters. The van der Waals surface area contributed by atoms with E-state index < -0.39 is 0 Å². The largest absolute Gasteiger partial charge is 0.325 e. The molecule has 2 rings (SSSR count). The predicted octanol–water partition coefficient (Wildman–Crippen LogP) is 2.68. The summed E-state index contributed by atoms with van der Waals surface area (Å²) in [5, 5.41) is 6.47. The van der Waals surface area contributed by atoms with Crippen LogP contribution in [-0.2, 0) is 13.6 Å². The van der Waals surface area contributed by atoms with Crippen LogP contribution in [0.15, 0.2) is 15.9 Å². The zero-order valence-electron chi connectivity index (χ0n) is 8.62. The molecule has 0 unspecified atom stereocenters. The molecule has 5 heteroatoms. The van der Waals surface area contributed by atoms with Crippen molar-refractivity contribution in [3.05, 3.63) is 27.3 Å². The number of aromatic nitrogens is 2. The first-order valence-corrected chi connectivity index (χ1v) is 6.27. The van der Waals surface area contributed by atoms with Gasteiger partial charge in [0.25, 0.3) is 0 Å². The van der Waals surface area contributed by atoms with Crippen LogP contribution in [0.4, 0.5) is 0 Å². The third kappa shape index (κ3) is 1.87. The third-order valence-corrected chi connectivity index (χ3v) is 4.06. The maximum atomic E-state index is 5.74. The lowest BCUT2D eigenvalue weighted by molar-refractivity contribution is 0.706. The Hall–Kier alpha value is -0.650. The number of nitrogens with zero attached hydrogens (tertiary/aromatic N) is 2. The van der Waals surface area contributed by atoms with E-state index in [0.29, 0.717) is 6.54 Å². The molecule has 2 aromatic heterocycles. The minimum atomic E-state index is 0.516. The van der Waals surface area contributed by atoms with Crippen LogP contribution in [0.3, 0.4) is 0 Å². The standard InChI is InChI=1S/C10H12BrN3S/c1-6-10(8(4-12)14(2)13-6)9-3-7(11)5-15-9/h3,5H,4,12H2,1-2H3. The van der Waals surface area contributed by atoms with Crippen molar-refractivity contribution in [1.82, 2.24) is 9.78 Å². The summed E-state index contributed by atoms with van der Waals surface area (Å²) < 4.78 is 2.96. The van der Waals surface area contributed by atoms with Gasteiger partial charge in [-0.3, -0.25) is 4.68 Å². The fourth-order valence-electron chi connectivity index (χ4n) is 1.70. The number of thiophene rings is 1. The molecular weight excluding hydrogens is 274 g/mol. The molecule has 80 valence electrons. The van der Waals surface area contributed by atoms with Gasteiger partial charge in [0.2, 0.25) is 0 Å². The van der Waals surface area contributed by atoms with Crippen LogP contribution in [0.1, 0.15) is 11.4 Å². The van der Waals surface area contributed by atoms with E-state index in [1.54, 1.807) is 11.3 Å². The van der Waals surface area contributed by atoms with Crippen LogP contribution < -0.4 is 5.73 Å². The highest BCUT2D eigenvalue weighted by Crippen LogP contribution is 2.33. The van der Waals surface area contributed by atoms with Gasteiger partial charge in [-0.1, -0.05) is 0 Å². The van der Waals surface area contributed by atoms with E-state index in [4.69, 9.17) is 5.73 Å². The monoisotopic (exact) mass is 285 g/mol. The summed E-state index contributed by atoms with van der Waals surface area (Å²) in [5.41, 5.74) is 9.04. The zero-order chi connectivity index (χ0) is 11.0. The van der Waals surface area contributed by atoms with Gasteiger partial charge in [0.15, 0.2) is 0 Å². The molecule has 2 aromatic rings. The number of halogens is 1. The Balaban J connectivity index is 2.61. The number of hydrogen-bond donors (Lipinski definition) is 1. The third-order valence-electron chi connectivity index (χ3n) is 2.35. The Morgan fingerprint density at radius 3 is 2.87 bits per heavy atom. The Labute approximate surface area is 101 Å². The quantitative estimate of drug-likeness (QED) is 0.922. The van der Waals surface area contributed by atoms with E-state index in [2.05, 4.69) is 32.5 Å². The maximum absolute atomic E-state index is 5.74. The van der Waals surface area contributed by atoms with Gasteiger partial charge in [-0.25, -0.2) is 0 Å². The van der Waals surface area contributed by atoms with E-state index >= 15 is 0 Å². The SMILES string of the molecule is Cc1nn(C)c(CN)c1-c1cc(Br)cs1. The second kappa shape index (κ2) is 4.08. The fraction of sp³-hybridized carbons (Fsp3) is 0.300. The summed E-state index contributed by atoms with van der Waals surface area (Å²) in [6.45, 7) is 2.53. The van der Waals surface area contributed by atoms with E-state index in [1.807, 2.05) is 18.7 Å². The summed E-state index contributed by atoms with van der Waals surface area (Å²) in [5.74, 6) is 0. The summed E-state index contributed by atoms with van der Waals surface area (Å²) in [6, 6.07) is 2.10. The normalized spacial score (nSPS) is 10.9. The second-order valence-corrected chi connectivity index (χ2v) is 5.19. The molecule has 0 aliphatic heterocycles. The number of nitrogens with two attached hydrogens (primary N) is 1. The summed E-state index contributed by atoms with van der Waals surface area (Å²) >= 11 is 5.16. The van der Waals surface area contributed by atoms with Gasteiger partial charge in [0, 0.05) is 33.9 Å². The van der Waals surface area contributed by atoms with Gasteiger partial charge in [0.1, 0.15) is 0 Å². The molecule has 0 saturated carbocycles. The average molecular weight is 286 g/mol. The molecule has 2 heterocycles. The highest BCUT2D eigenvalue weighted by Gasteiger charge is 2.15. The van der Waals surface area contributed by atoms with Crippen LogP contribution in [-0.4, -0.2) is 9.78 Å². The van der Waals surface area contributed by atoms with Crippen molar-refractivity contribution < 1.29 is 0 Å².